The van der Waals surface area contributed by atoms with Gasteiger partial charge in [0.1, 0.15) is 29.3 Å². The first-order chi connectivity index (χ1) is 18.0. The quantitative estimate of drug-likeness (QED) is 0.381. The Morgan fingerprint density at radius 3 is 2.65 bits per heavy atom. The van der Waals surface area contributed by atoms with Gasteiger partial charge in [-0.05, 0) is 66.6 Å². The predicted molar refractivity (Wildman–Crippen MR) is 132 cm³/mol. The van der Waals surface area contributed by atoms with E-state index < -0.39 is 11.9 Å². The topological polar surface area (TPSA) is 129 Å². The number of hydrogen-bond donors (Lipinski definition) is 1. The van der Waals surface area contributed by atoms with E-state index in [9.17, 15) is 9.59 Å². The molecular formula is C26H28N6O5. The second-order valence-electron chi connectivity index (χ2n) is 8.96. The molecule has 0 bridgehead atoms. The first-order valence-electron chi connectivity index (χ1n) is 12.2. The van der Waals surface area contributed by atoms with Crippen molar-refractivity contribution in [3.05, 3.63) is 72.3 Å². The number of nitrogens with one attached hydrogen (secondary N) is 1. The molecule has 0 saturated heterocycles. The van der Waals surface area contributed by atoms with Gasteiger partial charge in [0.15, 0.2) is 11.8 Å². The van der Waals surface area contributed by atoms with Crippen LogP contribution in [0.15, 0.2) is 63.9 Å². The van der Waals surface area contributed by atoms with Crippen LogP contribution in [0.4, 0.5) is 5.69 Å². The standard InChI is InChI=1S/C26H28N6O5/c1-17-10-13-21(37-17)24(25(33)28-18-7-4-3-5-8-18)32(26(34)22-9-6-14-36-22)19-11-12-20(23(15-19)35-2)31-16-27-29-30-31/h6,9-16,18,24H,3-5,7-8H2,1-2H3,(H,28,33)/t24-/m1/s1. The molecule has 0 radical (unpaired) electrons. The Hall–Kier alpha value is -4.41. The van der Waals surface area contributed by atoms with Crippen LogP contribution in [0.25, 0.3) is 5.69 Å². The summed E-state index contributed by atoms with van der Waals surface area (Å²) in [5.74, 6) is 0.632. The van der Waals surface area contributed by atoms with Crippen molar-refractivity contribution >= 4 is 17.5 Å². The number of carbonyl (C=O) groups is 2. The molecular weight excluding hydrogens is 476 g/mol. The maximum absolute atomic E-state index is 13.9. The van der Waals surface area contributed by atoms with E-state index in [0.717, 1.165) is 32.1 Å². The Bertz CT molecular complexity index is 1340. The van der Waals surface area contributed by atoms with Crippen LogP contribution < -0.4 is 15.0 Å². The fourth-order valence-corrected chi connectivity index (χ4v) is 4.68. The summed E-state index contributed by atoms with van der Waals surface area (Å²) in [4.78, 5) is 29.1. The number of rotatable bonds is 8. The van der Waals surface area contributed by atoms with E-state index in [1.165, 1.54) is 29.3 Å². The molecule has 4 aromatic rings. The first kappa shape index (κ1) is 24.3. The predicted octanol–water partition coefficient (Wildman–Crippen LogP) is 4.00. The minimum Gasteiger partial charge on any atom is -0.494 e. The molecule has 0 spiro atoms. The number of aromatic nitrogens is 4. The van der Waals surface area contributed by atoms with E-state index in [4.69, 9.17) is 13.6 Å². The molecule has 1 N–H and O–H groups in total. The largest absolute Gasteiger partial charge is 0.494 e. The number of amides is 2. The van der Waals surface area contributed by atoms with Crippen molar-refractivity contribution in [1.29, 1.82) is 0 Å². The number of anilines is 1. The Morgan fingerprint density at radius 2 is 2.00 bits per heavy atom. The van der Waals surface area contributed by atoms with Gasteiger partial charge in [-0.1, -0.05) is 19.3 Å². The maximum atomic E-state index is 13.9. The third-order valence-electron chi connectivity index (χ3n) is 6.48. The number of carbonyl (C=O) groups excluding carboxylic acids is 2. The first-order valence-corrected chi connectivity index (χ1v) is 12.2. The van der Waals surface area contributed by atoms with Gasteiger partial charge in [-0.25, -0.2) is 0 Å². The van der Waals surface area contributed by atoms with Crippen molar-refractivity contribution in [2.45, 2.75) is 51.1 Å². The van der Waals surface area contributed by atoms with Gasteiger partial charge < -0.3 is 18.9 Å². The van der Waals surface area contributed by atoms with Gasteiger partial charge in [0.25, 0.3) is 11.8 Å². The van der Waals surface area contributed by atoms with Crippen LogP contribution in [0.3, 0.4) is 0 Å². The molecule has 3 aromatic heterocycles. The van der Waals surface area contributed by atoms with E-state index in [1.807, 2.05) is 0 Å². The van der Waals surface area contributed by atoms with E-state index in [-0.39, 0.29) is 17.7 Å². The molecule has 11 heteroatoms. The van der Waals surface area contributed by atoms with Gasteiger partial charge in [-0.15, -0.1) is 5.10 Å². The maximum Gasteiger partial charge on any atom is 0.295 e. The van der Waals surface area contributed by atoms with Crippen molar-refractivity contribution in [2.75, 3.05) is 12.0 Å². The molecule has 1 aliphatic carbocycles. The van der Waals surface area contributed by atoms with Crippen molar-refractivity contribution in [2.24, 2.45) is 0 Å². The fraction of sp³-hybridized carbons (Fsp3) is 0.346. The van der Waals surface area contributed by atoms with Crippen LogP contribution >= 0.6 is 0 Å². The summed E-state index contributed by atoms with van der Waals surface area (Å²) >= 11 is 0. The van der Waals surface area contributed by atoms with Gasteiger partial charge in [0, 0.05) is 17.8 Å². The lowest BCUT2D eigenvalue weighted by atomic mass is 9.95. The molecule has 11 nitrogen and oxygen atoms in total. The highest BCUT2D eigenvalue weighted by atomic mass is 16.5. The summed E-state index contributed by atoms with van der Waals surface area (Å²) < 4.78 is 18.4. The number of nitrogens with zero attached hydrogens (tertiary/aromatic N) is 5. The lowest BCUT2D eigenvalue weighted by Gasteiger charge is -2.32. The van der Waals surface area contributed by atoms with Crippen molar-refractivity contribution in [1.82, 2.24) is 25.5 Å². The Labute approximate surface area is 213 Å². The third kappa shape index (κ3) is 5.11. The smallest absolute Gasteiger partial charge is 0.295 e. The van der Waals surface area contributed by atoms with Crippen LogP contribution in [-0.2, 0) is 4.79 Å². The van der Waals surface area contributed by atoms with Gasteiger partial charge in [0.05, 0.1) is 13.4 Å². The fourth-order valence-electron chi connectivity index (χ4n) is 4.68. The normalized spacial score (nSPS) is 14.8. The van der Waals surface area contributed by atoms with Crippen LogP contribution in [0.2, 0.25) is 0 Å². The van der Waals surface area contributed by atoms with E-state index in [2.05, 4.69) is 20.8 Å². The van der Waals surface area contributed by atoms with Crippen molar-refractivity contribution < 1.29 is 23.2 Å². The number of furan rings is 2. The lowest BCUT2D eigenvalue weighted by Crippen LogP contribution is -2.47. The van der Waals surface area contributed by atoms with Gasteiger partial charge >= 0.3 is 0 Å². The van der Waals surface area contributed by atoms with E-state index >= 15 is 0 Å². The van der Waals surface area contributed by atoms with Crippen LogP contribution in [-0.4, -0.2) is 45.2 Å². The zero-order valence-corrected chi connectivity index (χ0v) is 20.7. The van der Waals surface area contributed by atoms with Crippen LogP contribution in [0, 0.1) is 6.92 Å². The van der Waals surface area contributed by atoms with Crippen LogP contribution in [0.5, 0.6) is 5.75 Å². The highest BCUT2D eigenvalue weighted by Gasteiger charge is 2.38. The molecule has 37 heavy (non-hydrogen) atoms. The summed E-state index contributed by atoms with van der Waals surface area (Å²) in [6, 6.07) is 10.7. The van der Waals surface area contributed by atoms with Crippen LogP contribution in [0.1, 0.15) is 60.2 Å². The second kappa shape index (κ2) is 10.7. The Kier molecular flexibility index (Phi) is 7.02. The van der Waals surface area contributed by atoms with Gasteiger partial charge in [-0.3, -0.25) is 14.5 Å². The number of tetrazole rings is 1. The summed E-state index contributed by atoms with van der Waals surface area (Å²) in [5.41, 5.74) is 0.978. The second-order valence-corrected chi connectivity index (χ2v) is 8.96. The van der Waals surface area contributed by atoms with Gasteiger partial charge in [0.2, 0.25) is 0 Å². The lowest BCUT2D eigenvalue weighted by molar-refractivity contribution is -0.123. The molecule has 0 unspecified atom stereocenters. The molecule has 3 heterocycles. The number of ether oxygens (including phenoxy) is 1. The molecule has 1 saturated carbocycles. The van der Waals surface area contributed by atoms with E-state index in [0.29, 0.717) is 28.6 Å². The molecule has 0 aliphatic heterocycles. The average Bonchev–Trinajstić information content (AvgIpc) is 3.70. The number of hydrogen-bond acceptors (Lipinski definition) is 8. The number of aryl methyl sites for hydroxylation is 1. The third-order valence-corrected chi connectivity index (χ3v) is 6.48. The molecule has 1 fully saturated rings. The molecule has 2 amide bonds. The zero-order chi connectivity index (χ0) is 25.8. The summed E-state index contributed by atoms with van der Waals surface area (Å²) in [6.07, 6.45) is 7.92. The highest BCUT2D eigenvalue weighted by molar-refractivity contribution is 6.08. The zero-order valence-electron chi connectivity index (χ0n) is 20.7. The Morgan fingerprint density at radius 1 is 1.16 bits per heavy atom. The summed E-state index contributed by atoms with van der Waals surface area (Å²) in [5, 5.41) is 14.4. The van der Waals surface area contributed by atoms with Gasteiger partial charge in [-0.2, -0.15) is 4.68 Å². The summed E-state index contributed by atoms with van der Waals surface area (Å²) in [7, 11) is 1.51. The number of methoxy groups -OCH3 is 1. The molecule has 1 aromatic carbocycles. The molecule has 1 aliphatic rings. The monoisotopic (exact) mass is 504 g/mol. The SMILES string of the molecule is COc1cc(N(C(=O)c2ccco2)[C@@H](C(=O)NC2CCCCC2)c2ccc(C)o2)ccc1-n1cnnn1. The highest BCUT2D eigenvalue weighted by Crippen LogP contribution is 2.35. The van der Waals surface area contributed by atoms with E-state index in [1.54, 1.807) is 49.4 Å². The Balaban J connectivity index is 1.60. The number of benzene rings is 1. The minimum atomic E-state index is -1.09. The summed E-state index contributed by atoms with van der Waals surface area (Å²) in [6.45, 7) is 1.79. The van der Waals surface area contributed by atoms with Crippen molar-refractivity contribution in [3.8, 4) is 11.4 Å². The minimum absolute atomic E-state index is 0.0390. The molecule has 1 atom stereocenters. The molecule has 192 valence electrons. The van der Waals surface area contributed by atoms with Crippen molar-refractivity contribution in [3.63, 3.8) is 0 Å². The average molecular weight is 505 g/mol. The molecule has 5 rings (SSSR count).